The lowest BCUT2D eigenvalue weighted by atomic mass is 9.98. The molecule has 3 rings (SSSR count). The Morgan fingerprint density at radius 3 is 2.53 bits per heavy atom. The summed E-state index contributed by atoms with van der Waals surface area (Å²) in [7, 11) is 1.76. The van der Waals surface area contributed by atoms with Gasteiger partial charge in [-0.1, -0.05) is 32.9 Å². The second kappa shape index (κ2) is 10.3. The van der Waals surface area contributed by atoms with Gasteiger partial charge in [0.15, 0.2) is 5.96 Å². The molecule has 0 radical (unpaired) electrons. The van der Waals surface area contributed by atoms with Gasteiger partial charge in [0.1, 0.15) is 5.82 Å². The summed E-state index contributed by atoms with van der Waals surface area (Å²) < 4.78 is 18.9. The Morgan fingerprint density at radius 1 is 1.23 bits per heavy atom. The summed E-state index contributed by atoms with van der Waals surface area (Å²) in [5.74, 6) is 0.503. The number of benzene rings is 1. The minimum absolute atomic E-state index is 0.0589. The summed E-state index contributed by atoms with van der Waals surface area (Å²) in [6.07, 6.45) is 0. The fourth-order valence-corrected chi connectivity index (χ4v) is 4.26. The maximum atomic E-state index is 13.4. The molecule has 1 aliphatic rings. The smallest absolute Gasteiger partial charge is 0.191 e. The van der Waals surface area contributed by atoms with E-state index in [2.05, 4.69) is 46.7 Å². The molecule has 2 aromatic rings. The third kappa shape index (κ3) is 6.23. The van der Waals surface area contributed by atoms with Crippen molar-refractivity contribution in [1.82, 2.24) is 20.5 Å². The first kappa shape index (κ1) is 22.7. The monoisotopic (exact) mass is 433 g/mol. The molecular weight excluding hydrogens is 401 g/mol. The highest BCUT2D eigenvalue weighted by Crippen LogP contribution is 2.25. The fraction of sp³-hybridized carbons (Fsp3) is 0.545. The molecule has 0 saturated carbocycles. The minimum Gasteiger partial charge on any atom is -0.379 e. The summed E-state index contributed by atoms with van der Waals surface area (Å²) in [5.41, 5.74) is 2.15. The van der Waals surface area contributed by atoms with Crippen LogP contribution in [0.1, 0.15) is 43.1 Å². The van der Waals surface area contributed by atoms with Crippen LogP contribution in [0.5, 0.6) is 0 Å². The number of hydrogen-bond acceptors (Lipinski definition) is 5. The van der Waals surface area contributed by atoms with Crippen LogP contribution in [-0.2, 0) is 16.7 Å². The van der Waals surface area contributed by atoms with Crippen LogP contribution in [0.4, 0.5) is 4.39 Å². The Morgan fingerprint density at radius 2 is 1.93 bits per heavy atom. The third-order valence-electron chi connectivity index (χ3n) is 5.06. The molecule has 0 spiro atoms. The number of nitrogens with one attached hydrogen (secondary N) is 2. The predicted octanol–water partition coefficient (Wildman–Crippen LogP) is 3.32. The van der Waals surface area contributed by atoms with Gasteiger partial charge in [-0.15, -0.1) is 11.3 Å². The van der Waals surface area contributed by atoms with Gasteiger partial charge < -0.3 is 15.4 Å². The lowest BCUT2D eigenvalue weighted by Gasteiger charge is -2.35. The van der Waals surface area contributed by atoms with E-state index in [9.17, 15) is 4.39 Å². The molecule has 1 fully saturated rings. The number of nitrogens with zero attached hydrogens (tertiary/aromatic N) is 3. The first-order chi connectivity index (χ1) is 14.4. The zero-order chi connectivity index (χ0) is 21.6. The predicted molar refractivity (Wildman–Crippen MR) is 121 cm³/mol. The lowest BCUT2D eigenvalue weighted by molar-refractivity contribution is 0.0170. The van der Waals surface area contributed by atoms with Gasteiger partial charge in [-0.25, -0.2) is 9.37 Å². The standard InChI is InChI=1S/C22H32FN5OS/c1-22(2,3)20-27-18(15-30-20)13-25-21(24-4)26-14-19(28-9-11-29-12-10-28)16-5-7-17(23)8-6-16/h5-8,15,19H,9-14H2,1-4H3,(H2,24,25,26). The van der Waals surface area contributed by atoms with Gasteiger partial charge in [0, 0.05) is 37.5 Å². The average Bonchev–Trinajstić information content (AvgIpc) is 3.22. The van der Waals surface area contributed by atoms with Crippen molar-refractivity contribution in [3.05, 3.63) is 51.7 Å². The van der Waals surface area contributed by atoms with E-state index in [1.165, 1.54) is 12.1 Å². The molecule has 1 aromatic heterocycles. The molecule has 164 valence electrons. The fourth-order valence-electron chi connectivity index (χ4n) is 3.35. The molecule has 0 bridgehead atoms. The van der Waals surface area contributed by atoms with Crippen molar-refractivity contribution in [2.45, 2.75) is 38.8 Å². The van der Waals surface area contributed by atoms with Crippen molar-refractivity contribution in [2.24, 2.45) is 4.99 Å². The number of hydrogen-bond donors (Lipinski definition) is 2. The van der Waals surface area contributed by atoms with Crippen molar-refractivity contribution in [2.75, 3.05) is 39.9 Å². The summed E-state index contributed by atoms with van der Waals surface area (Å²) >= 11 is 1.69. The average molecular weight is 434 g/mol. The van der Waals surface area contributed by atoms with Gasteiger partial charge in [-0.2, -0.15) is 0 Å². The number of thiazole rings is 1. The van der Waals surface area contributed by atoms with Crippen molar-refractivity contribution in [3.63, 3.8) is 0 Å². The number of halogens is 1. The van der Waals surface area contributed by atoms with Crippen LogP contribution in [0, 0.1) is 5.82 Å². The normalized spacial score (nSPS) is 17.0. The molecular formula is C22H32FN5OS. The van der Waals surface area contributed by atoms with E-state index in [-0.39, 0.29) is 17.3 Å². The summed E-state index contributed by atoms with van der Waals surface area (Å²) in [6.45, 7) is 10.9. The van der Waals surface area contributed by atoms with Crippen LogP contribution >= 0.6 is 11.3 Å². The van der Waals surface area contributed by atoms with Crippen LogP contribution in [0.3, 0.4) is 0 Å². The van der Waals surface area contributed by atoms with Crippen LogP contribution in [-0.4, -0.2) is 55.7 Å². The largest absolute Gasteiger partial charge is 0.379 e. The van der Waals surface area contributed by atoms with Gasteiger partial charge >= 0.3 is 0 Å². The zero-order valence-electron chi connectivity index (χ0n) is 18.2. The lowest BCUT2D eigenvalue weighted by Crippen LogP contribution is -2.46. The molecule has 1 aliphatic heterocycles. The quantitative estimate of drug-likeness (QED) is 0.541. The number of rotatable bonds is 6. The maximum Gasteiger partial charge on any atom is 0.191 e. The molecule has 1 aromatic carbocycles. The zero-order valence-corrected chi connectivity index (χ0v) is 19.1. The molecule has 30 heavy (non-hydrogen) atoms. The number of aliphatic imine (C=N–C) groups is 1. The first-order valence-corrected chi connectivity index (χ1v) is 11.2. The molecule has 8 heteroatoms. The molecule has 2 heterocycles. The Kier molecular flexibility index (Phi) is 7.80. The molecule has 1 saturated heterocycles. The van der Waals surface area contributed by atoms with Crippen molar-refractivity contribution in [3.8, 4) is 0 Å². The van der Waals surface area contributed by atoms with Crippen LogP contribution in [0.2, 0.25) is 0 Å². The SMILES string of the molecule is CN=C(NCc1csc(C(C)(C)C)n1)NCC(c1ccc(F)cc1)N1CCOCC1. The molecule has 1 atom stereocenters. The van der Waals surface area contributed by atoms with Gasteiger partial charge in [0.25, 0.3) is 0 Å². The highest BCUT2D eigenvalue weighted by molar-refractivity contribution is 7.09. The van der Waals surface area contributed by atoms with E-state index in [0.29, 0.717) is 26.3 Å². The Balaban J connectivity index is 1.61. The highest BCUT2D eigenvalue weighted by Gasteiger charge is 2.23. The minimum atomic E-state index is -0.220. The maximum absolute atomic E-state index is 13.4. The van der Waals surface area contributed by atoms with Crippen molar-refractivity contribution >= 4 is 17.3 Å². The third-order valence-corrected chi connectivity index (χ3v) is 6.37. The van der Waals surface area contributed by atoms with E-state index in [1.54, 1.807) is 18.4 Å². The van der Waals surface area contributed by atoms with Crippen LogP contribution in [0.25, 0.3) is 0 Å². The van der Waals surface area contributed by atoms with E-state index < -0.39 is 0 Å². The summed E-state index contributed by atoms with van der Waals surface area (Å²) in [4.78, 5) is 11.4. The second-order valence-electron chi connectivity index (χ2n) is 8.42. The van der Waals surface area contributed by atoms with Crippen molar-refractivity contribution < 1.29 is 9.13 Å². The van der Waals surface area contributed by atoms with E-state index in [1.807, 2.05) is 12.1 Å². The van der Waals surface area contributed by atoms with E-state index in [4.69, 9.17) is 9.72 Å². The van der Waals surface area contributed by atoms with Gasteiger partial charge in [0.2, 0.25) is 0 Å². The van der Waals surface area contributed by atoms with Gasteiger partial charge in [-0.05, 0) is 17.7 Å². The topological polar surface area (TPSA) is 61.8 Å². The van der Waals surface area contributed by atoms with Crippen LogP contribution < -0.4 is 10.6 Å². The van der Waals surface area contributed by atoms with Gasteiger partial charge in [-0.3, -0.25) is 9.89 Å². The number of morpholine rings is 1. The Hall–Kier alpha value is -2.03. The van der Waals surface area contributed by atoms with E-state index >= 15 is 0 Å². The molecule has 2 N–H and O–H groups in total. The highest BCUT2D eigenvalue weighted by atomic mass is 32.1. The van der Waals surface area contributed by atoms with E-state index in [0.717, 1.165) is 35.3 Å². The molecule has 6 nitrogen and oxygen atoms in total. The summed E-state index contributed by atoms with van der Waals surface area (Å²) in [5, 5.41) is 10.00. The molecule has 0 amide bonds. The Labute approximate surface area is 182 Å². The van der Waals surface area contributed by atoms with Crippen molar-refractivity contribution in [1.29, 1.82) is 0 Å². The molecule has 0 aliphatic carbocycles. The second-order valence-corrected chi connectivity index (χ2v) is 9.27. The number of guanidine groups is 1. The number of ether oxygens (including phenoxy) is 1. The Bertz CT molecular complexity index is 825. The number of aromatic nitrogens is 1. The summed E-state index contributed by atoms with van der Waals surface area (Å²) in [6, 6.07) is 6.86. The first-order valence-electron chi connectivity index (χ1n) is 10.3. The molecule has 1 unspecified atom stereocenters. The van der Waals surface area contributed by atoms with Crippen LogP contribution in [0.15, 0.2) is 34.6 Å². The van der Waals surface area contributed by atoms with Gasteiger partial charge in [0.05, 0.1) is 36.5 Å².